The number of halogens is 1. The van der Waals surface area contributed by atoms with Gasteiger partial charge in [0.2, 0.25) is 5.88 Å². The Balaban J connectivity index is 2.07. The third kappa shape index (κ3) is 3.76. The van der Waals surface area contributed by atoms with Crippen molar-refractivity contribution in [1.29, 1.82) is 0 Å². The highest BCUT2D eigenvalue weighted by Gasteiger charge is 2.10. The number of aromatic nitrogens is 2. The van der Waals surface area contributed by atoms with Gasteiger partial charge in [-0.25, -0.2) is 4.79 Å². The van der Waals surface area contributed by atoms with Crippen molar-refractivity contribution in [2.45, 2.75) is 32.4 Å². The fourth-order valence-corrected chi connectivity index (χ4v) is 2.54. The zero-order chi connectivity index (χ0) is 14.4. The fourth-order valence-electron chi connectivity index (χ4n) is 2.15. The lowest BCUT2D eigenvalue weighted by Gasteiger charge is -2.03. The summed E-state index contributed by atoms with van der Waals surface area (Å²) in [6, 6.07) is 9.67. The SMILES string of the molecule is O=c1n(CCCCCBr)cc(O)n1Cc1ccccc1. The van der Waals surface area contributed by atoms with Crippen LogP contribution in [0.25, 0.3) is 0 Å². The topological polar surface area (TPSA) is 47.2 Å². The van der Waals surface area contributed by atoms with E-state index in [2.05, 4.69) is 15.9 Å². The second-order valence-corrected chi connectivity index (χ2v) is 5.58. The van der Waals surface area contributed by atoms with Gasteiger partial charge in [0, 0.05) is 11.9 Å². The molecule has 20 heavy (non-hydrogen) atoms. The van der Waals surface area contributed by atoms with E-state index in [9.17, 15) is 9.90 Å². The molecule has 0 fully saturated rings. The van der Waals surface area contributed by atoms with E-state index in [1.54, 1.807) is 4.57 Å². The van der Waals surface area contributed by atoms with Crippen molar-refractivity contribution in [3.63, 3.8) is 0 Å². The van der Waals surface area contributed by atoms with Crippen LogP contribution in [0.15, 0.2) is 41.3 Å². The molecule has 108 valence electrons. The molecular weight excluding hydrogens is 320 g/mol. The number of hydrogen-bond acceptors (Lipinski definition) is 2. The average molecular weight is 339 g/mol. The van der Waals surface area contributed by atoms with E-state index in [-0.39, 0.29) is 11.6 Å². The number of rotatable bonds is 7. The lowest BCUT2D eigenvalue weighted by Crippen LogP contribution is -2.24. The molecule has 0 aliphatic rings. The van der Waals surface area contributed by atoms with Crippen LogP contribution in [0.1, 0.15) is 24.8 Å². The number of alkyl halides is 1. The van der Waals surface area contributed by atoms with Gasteiger partial charge in [-0.2, -0.15) is 0 Å². The number of hydrogen-bond donors (Lipinski definition) is 1. The highest BCUT2D eigenvalue weighted by Crippen LogP contribution is 2.10. The summed E-state index contributed by atoms with van der Waals surface area (Å²) in [5, 5.41) is 10.9. The second kappa shape index (κ2) is 7.33. The van der Waals surface area contributed by atoms with E-state index in [0.717, 1.165) is 30.2 Å². The molecule has 4 nitrogen and oxygen atoms in total. The Hall–Kier alpha value is -1.49. The van der Waals surface area contributed by atoms with Crippen molar-refractivity contribution < 1.29 is 5.11 Å². The predicted molar refractivity (Wildman–Crippen MR) is 83.5 cm³/mol. The zero-order valence-corrected chi connectivity index (χ0v) is 12.9. The van der Waals surface area contributed by atoms with Crippen LogP contribution in [0.5, 0.6) is 5.88 Å². The summed E-state index contributed by atoms with van der Waals surface area (Å²) >= 11 is 3.39. The largest absolute Gasteiger partial charge is 0.493 e. The second-order valence-electron chi connectivity index (χ2n) is 4.78. The van der Waals surface area contributed by atoms with Gasteiger partial charge in [-0.05, 0) is 18.4 Å². The minimum absolute atomic E-state index is 0.0272. The van der Waals surface area contributed by atoms with Crippen molar-refractivity contribution in [2.75, 3.05) is 5.33 Å². The van der Waals surface area contributed by atoms with Crippen molar-refractivity contribution in [3.05, 3.63) is 52.6 Å². The number of benzene rings is 1. The zero-order valence-electron chi connectivity index (χ0n) is 11.3. The smallest absolute Gasteiger partial charge is 0.331 e. The molecule has 1 aromatic heterocycles. The van der Waals surface area contributed by atoms with Crippen LogP contribution in [0, 0.1) is 0 Å². The van der Waals surface area contributed by atoms with E-state index in [1.807, 2.05) is 30.3 Å². The average Bonchev–Trinajstić information content (AvgIpc) is 2.72. The Labute approximate surface area is 126 Å². The molecule has 0 saturated carbocycles. The maximum absolute atomic E-state index is 12.2. The third-order valence-electron chi connectivity index (χ3n) is 3.24. The van der Waals surface area contributed by atoms with Crippen molar-refractivity contribution in [2.24, 2.45) is 0 Å². The monoisotopic (exact) mass is 338 g/mol. The summed E-state index contributed by atoms with van der Waals surface area (Å²) in [6.45, 7) is 1.06. The fraction of sp³-hybridized carbons (Fsp3) is 0.400. The Bertz CT molecular complexity index is 590. The van der Waals surface area contributed by atoms with Crippen LogP contribution < -0.4 is 5.69 Å². The molecule has 0 saturated heterocycles. The van der Waals surface area contributed by atoms with Crippen LogP contribution in [-0.2, 0) is 13.1 Å². The normalized spacial score (nSPS) is 10.8. The molecular formula is C15H19BrN2O2. The van der Waals surface area contributed by atoms with Crippen LogP contribution >= 0.6 is 15.9 Å². The van der Waals surface area contributed by atoms with Gasteiger partial charge in [0.15, 0.2) is 0 Å². The first-order chi connectivity index (χ1) is 9.72. The lowest BCUT2D eigenvalue weighted by molar-refractivity contribution is 0.421. The maximum atomic E-state index is 12.2. The van der Waals surface area contributed by atoms with Crippen molar-refractivity contribution in [3.8, 4) is 5.88 Å². The number of aryl methyl sites for hydroxylation is 1. The molecule has 5 heteroatoms. The lowest BCUT2D eigenvalue weighted by atomic mass is 10.2. The highest BCUT2D eigenvalue weighted by atomic mass is 79.9. The summed E-state index contributed by atoms with van der Waals surface area (Å²) < 4.78 is 2.99. The Morgan fingerprint density at radius 2 is 1.85 bits per heavy atom. The van der Waals surface area contributed by atoms with Crippen molar-refractivity contribution >= 4 is 15.9 Å². The van der Waals surface area contributed by atoms with Gasteiger partial charge in [0.05, 0.1) is 12.7 Å². The van der Waals surface area contributed by atoms with Gasteiger partial charge < -0.3 is 5.11 Å². The molecule has 2 rings (SSSR count). The van der Waals surface area contributed by atoms with Gasteiger partial charge in [-0.3, -0.25) is 9.13 Å². The minimum Gasteiger partial charge on any atom is -0.493 e. The van der Waals surface area contributed by atoms with Crippen LogP contribution in [0.3, 0.4) is 0 Å². The van der Waals surface area contributed by atoms with Crippen LogP contribution in [0.2, 0.25) is 0 Å². The molecule has 1 N–H and O–H groups in total. The minimum atomic E-state index is -0.148. The number of imidazole rings is 1. The van der Waals surface area contributed by atoms with Gasteiger partial charge in [0.1, 0.15) is 0 Å². The van der Waals surface area contributed by atoms with Crippen LogP contribution in [-0.4, -0.2) is 19.6 Å². The maximum Gasteiger partial charge on any atom is 0.331 e. The summed E-state index contributed by atoms with van der Waals surface area (Å²) in [4.78, 5) is 12.2. The Morgan fingerprint density at radius 3 is 2.55 bits per heavy atom. The van der Waals surface area contributed by atoms with Gasteiger partial charge in [-0.1, -0.05) is 52.7 Å². The predicted octanol–water partition coefficient (Wildman–Crippen LogP) is 2.97. The first-order valence-corrected chi connectivity index (χ1v) is 7.93. The van der Waals surface area contributed by atoms with E-state index in [0.29, 0.717) is 13.1 Å². The molecule has 0 unspecified atom stereocenters. The number of unbranched alkanes of at least 4 members (excludes halogenated alkanes) is 2. The highest BCUT2D eigenvalue weighted by molar-refractivity contribution is 9.09. The molecule has 0 spiro atoms. The molecule has 0 bridgehead atoms. The Morgan fingerprint density at radius 1 is 1.10 bits per heavy atom. The molecule has 0 aliphatic heterocycles. The summed E-state index contributed by atoms with van der Waals surface area (Å²) in [6.07, 6.45) is 4.65. The summed E-state index contributed by atoms with van der Waals surface area (Å²) in [5.41, 5.74) is 0.854. The summed E-state index contributed by atoms with van der Waals surface area (Å²) in [7, 11) is 0. The van der Waals surface area contributed by atoms with E-state index < -0.39 is 0 Å². The van der Waals surface area contributed by atoms with Gasteiger partial charge in [0.25, 0.3) is 0 Å². The first-order valence-electron chi connectivity index (χ1n) is 6.81. The van der Waals surface area contributed by atoms with Crippen LogP contribution in [0.4, 0.5) is 0 Å². The van der Waals surface area contributed by atoms with E-state index >= 15 is 0 Å². The van der Waals surface area contributed by atoms with Crippen molar-refractivity contribution in [1.82, 2.24) is 9.13 Å². The van der Waals surface area contributed by atoms with Gasteiger partial charge in [-0.15, -0.1) is 0 Å². The molecule has 2 aromatic rings. The van der Waals surface area contributed by atoms with E-state index in [4.69, 9.17) is 0 Å². The molecule has 0 radical (unpaired) electrons. The van der Waals surface area contributed by atoms with E-state index in [1.165, 1.54) is 10.8 Å². The van der Waals surface area contributed by atoms with Gasteiger partial charge >= 0.3 is 5.69 Å². The molecule has 0 aliphatic carbocycles. The molecule has 1 heterocycles. The summed E-state index contributed by atoms with van der Waals surface area (Å²) in [5.74, 6) is 0.0272. The standard InChI is InChI=1S/C15H19BrN2O2/c16-9-5-2-6-10-17-12-14(19)18(15(17)20)11-13-7-3-1-4-8-13/h1,3-4,7-8,12,19H,2,5-6,9-11H2. The number of aromatic hydroxyl groups is 1. The molecule has 1 aromatic carbocycles. The third-order valence-corrected chi connectivity index (χ3v) is 3.80. The molecule has 0 amide bonds. The Kier molecular flexibility index (Phi) is 5.47. The quantitative estimate of drug-likeness (QED) is 0.623. The molecule has 0 atom stereocenters. The number of nitrogens with zero attached hydrogens (tertiary/aromatic N) is 2. The first kappa shape index (κ1) is 14.9.